The minimum Gasteiger partial charge on any atom is -0.478 e. The molecule has 1 aromatic carbocycles. The fourth-order valence-electron chi connectivity index (χ4n) is 2.71. The lowest BCUT2D eigenvalue weighted by atomic mass is 9.82. The summed E-state index contributed by atoms with van der Waals surface area (Å²) in [5.74, 6) is -0.797. The standard InChI is InChI=1S/C16H21N3O4.ClH/c17-16(18)19-9-10-4-6-11(7-5-10)15(22)23-13-3-1-2-12(8-13)14(20)21;/h1-3,8,10-11H,4-7,9H2,(H,20,21)(H4,17,18,19);1H. The fraction of sp³-hybridized carbons (Fsp3) is 0.438. The van der Waals surface area contributed by atoms with Crippen LogP contribution in [0.4, 0.5) is 0 Å². The minimum atomic E-state index is -1.05. The molecule has 24 heavy (non-hydrogen) atoms. The second kappa shape index (κ2) is 9.12. The van der Waals surface area contributed by atoms with Crippen LogP contribution in [0.25, 0.3) is 0 Å². The molecule has 7 nitrogen and oxygen atoms in total. The third-order valence-electron chi connectivity index (χ3n) is 4.01. The number of esters is 1. The van der Waals surface area contributed by atoms with Gasteiger partial charge in [0, 0.05) is 6.54 Å². The number of carbonyl (C=O) groups is 2. The molecule has 0 amide bonds. The Bertz CT molecular complexity index is 609. The molecule has 0 radical (unpaired) electrons. The van der Waals surface area contributed by atoms with Gasteiger partial charge in [-0.15, -0.1) is 12.4 Å². The number of guanidine groups is 1. The lowest BCUT2D eigenvalue weighted by molar-refractivity contribution is -0.140. The van der Waals surface area contributed by atoms with Crippen molar-refractivity contribution in [2.75, 3.05) is 6.54 Å². The van der Waals surface area contributed by atoms with E-state index in [2.05, 4.69) is 4.99 Å². The lowest BCUT2D eigenvalue weighted by Gasteiger charge is -2.26. The van der Waals surface area contributed by atoms with Crippen molar-refractivity contribution < 1.29 is 19.4 Å². The van der Waals surface area contributed by atoms with E-state index >= 15 is 0 Å². The van der Waals surface area contributed by atoms with E-state index in [9.17, 15) is 9.59 Å². The zero-order valence-electron chi connectivity index (χ0n) is 13.2. The molecule has 8 heteroatoms. The Hall–Kier alpha value is -2.28. The number of rotatable bonds is 5. The number of aromatic carboxylic acids is 1. The summed E-state index contributed by atoms with van der Waals surface area (Å²) in [6.45, 7) is 0.588. The highest BCUT2D eigenvalue weighted by Gasteiger charge is 2.27. The van der Waals surface area contributed by atoms with Gasteiger partial charge in [0.25, 0.3) is 0 Å². The van der Waals surface area contributed by atoms with Crippen molar-refractivity contribution in [3.63, 3.8) is 0 Å². The summed E-state index contributed by atoms with van der Waals surface area (Å²) >= 11 is 0. The number of halogens is 1. The zero-order valence-corrected chi connectivity index (χ0v) is 14.0. The Labute approximate surface area is 146 Å². The first-order valence-corrected chi connectivity index (χ1v) is 7.56. The van der Waals surface area contributed by atoms with Crippen LogP contribution in [0, 0.1) is 11.8 Å². The smallest absolute Gasteiger partial charge is 0.335 e. The highest BCUT2D eigenvalue weighted by atomic mass is 35.5. The number of carboxylic acid groups (broad SMARTS) is 1. The summed E-state index contributed by atoms with van der Waals surface area (Å²) in [5, 5.41) is 8.94. The average molecular weight is 356 g/mol. The van der Waals surface area contributed by atoms with Gasteiger partial charge in [0.05, 0.1) is 11.5 Å². The van der Waals surface area contributed by atoms with Crippen LogP contribution < -0.4 is 16.2 Å². The van der Waals surface area contributed by atoms with Gasteiger partial charge in [-0.1, -0.05) is 6.07 Å². The first kappa shape index (κ1) is 19.8. The molecule has 0 heterocycles. The Balaban J connectivity index is 0.00000288. The molecule has 1 saturated carbocycles. The molecule has 2 rings (SSSR count). The van der Waals surface area contributed by atoms with Crippen molar-refractivity contribution in [2.24, 2.45) is 28.3 Å². The van der Waals surface area contributed by atoms with E-state index in [4.69, 9.17) is 21.3 Å². The van der Waals surface area contributed by atoms with Gasteiger partial charge in [0.15, 0.2) is 5.96 Å². The van der Waals surface area contributed by atoms with E-state index in [1.165, 1.54) is 12.1 Å². The number of carboxylic acids is 1. The number of hydrogen-bond acceptors (Lipinski definition) is 4. The lowest BCUT2D eigenvalue weighted by Crippen LogP contribution is -2.28. The Morgan fingerprint density at radius 2 is 1.88 bits per heavy atom. The molecule has 0 unspecified atom stereocenters. The number of ether oxygens (including phenoxy) is 1. The maximum atomic E-state index is 12.2. The normalized spacial score (nSPS) is 19.7. The third-order valence-corrected chi connectivity index (χ3v) is 4.01. The van der Waals surface area contributed by atoms with E-state index in [0.717, 1.165) is 25.7 Å². The third kappa shape index (κ3) is 5.73. The van der Waals surface area contributed by atoms with Gasteiger partial charge in [-0.25, -0.2) is 4.79 Å². The molecular weight excluding hydrogens is 334 g/mol. The summed E-state index contributed by atoms with van der Waals surface area (Å²) in [6, 6.07) is 5.94. The van der Waals surface area contributed by atoms with Gasteiger partial charge >= 0.3 is 11.9 Å². The summed E-state index contributed by atoms with van der Waals surface area (Å²) in [7, 11) is 0. The van der Waals surface area contributed by atoms with Crippen LogP contribution in [0.3, 0.4) is 0 Å². The topological polar surface area (TPSA) is 128 Å². The van der Waals surface area contributed by atoms with Crippen LogP contribution in [-0.4, -0.2) is 29.5 Å². The summed E-state index contributed by atoms with van der Waals surface area (Å²) in [5.41, 5.74) is 10.7. The van der Waals surface area contributed by atoms with Crippen molar-refractivity contribution in [3.05, 3.63) is 29.8 Å². The molecular formula is C16H22ClN3O4. The number of nitrogens with zero attached hydrogens (tertiary/aromatic N) is 1. The molecule has 1 aliphatic rings. The molecule has 0 saturated heterocycles. The van der Waals surface area contributed by atoms with Crippen molar-refractivity contribution in [3.8, 4) is 5.75 Å². The van der Waals surface area contributed by atoms with Gasteiger partial charge in [-0.05, 0) is 49.8 Å². The van der Waals surface area contributed by atoms with Crippen molar-refractivity contribution in [2.45, 2.75) is 25.7 Å². The van der Waals surface area contributed by atoms with Gasteiger partial charge in [0.1, 0.15) is 5.75 Å². The van der Waals surface area contributed by atoms with Crippen LogP contribution in [0.2, 0.25) is 0 Å². The minimum absolute atomic E-state index is 0. The summed E-state index contributed by atoms with van der Waals surface area (Å²) in [6.07, 6.45) is 3.18. The largest absolute Gasteiger partial charge is 0.478 e. The zero-order chi connectivity index (χ0) is 16.8. The first-order valence-electron chi connectivity index (χ1n) is 7.56. The fourth-order valence-corrected chi connectivity index (χ4v) is 2.71. The van der Waals surface area contributed by atoms with Gasteiger partial charge in [-0.3, -0.25) is 9.79 Å². The quantitative estimate of drug-likeness (QED) is 0.319. The highest BCUT2D eigenvalue weighted by molar-refractivity contribution is 5.88. The second-order valence-electron chi connectivity index (χ2n) is 5.74. The summed E-state index contributed by atoms with van der Waals surface area (Å²) in [4.78, 5) is 27.1. The number of carbonyl (C=O) groups excluding carboxylic acids is 1. The molecule has 0 aliphatic heterocycles. The van der Waals surface area contributed by atoms with Crippen molar-refractivity contribution in [1.82, 2.24) is 0 Å². The second-order valence-corrected chi connectivity index (χ2v) is 5.74. The Morgan fingerprint density at radius 1 is 1.21 bits per heavy atom. The van der Waals surface area contributed by atoms with E-state index < -0.39 is 5.97 Å². The molecule has 0 atom stereocenters. The molecule has 5 N–H and O–H groups in total. The number of aliphatic imine (C=N–C) groups is 1. The first-order chi connectivity index (χ1) is 11.0. The monoisotopic (exact) mass is 355 g/mol. The van der Waals surface area contributed by atoms with Gasteiger partial charge in [-0.2, -0.15) is 0 Å². The number of nitrogens with two attached hydrogens (primary N) is 2. The predicted molar refractivity (Wildman–Crippen MR) is 92.4 cm³/mol. The van der Waals surface area contributed by atoms with Crippen LogP contribution >= 0.6 is 12.4 Å². The van der Waals surface area contributed by atoms with Crippen LogP contribution in [0.15, 0.2) is 29.3 Å². The number of benzene rings is 1. The Kier molecular flexibility index (Phi) is 7.51. The van der Waals surface area contributed by atoms with Crippen molar-refractivity contribution in [1.29, 1.82) is 0 Å². The van der Waals surface area contributed by atoms with Crippen LogP contribution in [0.1, 0.15) is 36.0 Å². The molecule has 0 bridgehead atoms. The predicted octanol–water partition coefficient (Wildman–Crippen LogP) is 1.79. The average Bonchev–Trinajstić information content (AvgIpc) is 2.53. The van der Waals surface area contributed by atoms with Crippen molar-refractivity contribution >= 4 is 30.3 Å². The molecule has 0 spiro atoms. The molecule has 132 valence electrons. The van der Waals surface area contributed by atoms with E-state index in [1.807, 2.05) is 0 Å². The molecule has 0 aromatic heterocycles. The maximum absolute atomic E-state index is 12.2. The molecule has 1 aromatic rings. The van der Waals surface area contributed by atoms with Crippen LogP contribution in [0.5, 0.6) is 5.75 Å². The Morgan fingerprint density at radius 3 is 2.46 bits per heavy atom. The van der Waals surface area contributed by atoms with Gasteiger partial charge in [0.2, 0.25) is 0 Å². The molecule has 1 aliphatic carbocycles. The van der Waals surface area contributed by atoms with E-state index in [1.54, 1.807) is 12.1 Å². The van der Waals surface area contributed by atoms with Crippen LogP contribution in [-0.2, 0) is 4.79 Å². The molecule has 1 fully saturated rings. The SMILES string of the molecule is Cl.NC(N)=NCC1CCC(C(=O)Oc2cccc(C(=O)O)c2)CC1. The highest BCUT2D eigenvalue weighted by Crippen LogP contribution is 2.30. The van der Waals surface area contributed by atoms with E-state index in [0.29, 0.717) is 12.5 Å². The van der Waals surface area contributed by atoms with Gasteiger partial charge < -0.3 is 21.3 Å². The maximum Gasteiger partial charge on any atom is 0.335 e. The number of hydrogen-bond donors (Lipinski definition) is 3. The summed E-state index contributed by atoms with van der Waals surface area (Å²) < 4.78 is 5.31. The van der Waals surface area contributed by atoms with E-state index in [-0.39, 0.29) is 41.6 Å².